The van der Waals surface area contributed by atoms with E-state index in [1.807, 2.05) is 67.6 Å². The van der Waals surface area contributed by atoms with Gasteiger partial charge in [0.15, 0.2) is 6.04 Å². The van der Waals surface area contributed by atoms with Crippen LogP contribution in [0.15, 0.2) is 71.5 Å². The maximum absolute atomic E-state index is 12.9. The van der Waals surface area contributed by atoms with E-state index < -0.39 is 26.3 Å². The number of hydrogen-bond acceptors (Lipinski definition) is 6. The Labute approximate surface area is 198 Å². The van der Waals surface area contributed by atoms with Crippen molar-refractivity contribution in [2.45, 2.75) is 32.4 Å². The van der Waals surface area contributed by atoms with E-state index in [-0.39, 0.29) is 0 Å². The molecular weight excluding hydrogens is 465 g/mol. The van der Waals surface area contributed by atoms with Gasteiger partial charge in [0.25, 0.3) is 0 Å². The van der Waals surface area contributed by atoms with Gasteiger partial charge < -0.3 is 9.63 Å². The number of halogens is 1. The SMILES string of the molecule is CCSCC[C@H](N=[P+]([O-])Oc1c(Cl)ccc2ccccc12)C(=O)O[C@@H](C)c1ccccc1. The standard InChI is InChI=1S/C24H25ClNO4PS/c1-3-32-16-15-22(24(27)29-17(2)18-9-5-4-6-10-18)26-31(28)30-23-20-12-8-7-11-19(20)13-14-21(23)25/h4-14,17,22H,3,15-16H2,1-2H3/t17-,22-/m0/s1. The zero-order chi connectivity index (χ0) is 22.9. The van der Waals surface area contributed by atoms with Gasteiger partial charge in [0.1, 0.15) is 6.10 Å². The maximum atomic E-state index is 12.9. The summed E-state index contributed by atoms with van der Waals surface area (Å²) in [7, 11) is -2.54. The summed E-state index contributed by atoms with van der Waals surface area (Å²) >= 11 is 7.98. The lowest BCUT2D eigenvalue weighted by Gasteiger charge is -2.16. The van der Waals surface area contributed by atoms with Crippen LogP contribution in [0.2, 0.25) is 5.02 Å². The zero-order valence-electron chi connectivity index (χ0n) is 17.9. The van der Waals surface area contributed by atoms with Crippen LogP contribution in [0.3, 0.4) is 0 Å². The molecule has 3 atom stereocenters. The van der Waals surface area contributed by atoms with Crippen molar-refractivity contribution in [3.8, 4) is 5.75 Å². The number of ether oxygens (including phenoxy) is 1. The van der Waals surface area contributed by atoms with Crippen molar-refractivity contribution in [1.82, 2.24) is 0 Å². The van der Waals surface area contributed by atoms with Gasteiger partial charge >= 0.3 is 14.1 Å². The van der Waals surface area contributed by atoms with Crippen LogP contribution >= 0.6 is 31.5 Å². The number of fused-ring (bicyclic) bond motifs is 1. The first-order valence-corrected chi connectivity index (χ1v) is 13.0. The number of carbonyl (C=O) groups is 1. The van der Waals surface area contributed by atoms with Crippen molar-refractivity contribution in [3.05, 3.63) is 77.3 Å². The molecule has 3 rings (SSSR count). The van der Waals surface area contributed by atoms with Crippen molar-refractivity contribution in [2.75, 3.05) is 11.5 Å². The number of hydrogen-bond donors (Lipinski definition) is 0. The Morgan fingerprint density at radius 1 is 1.12 bits per heavy atom. The highest BCUT2D eigenvalue weighted by Gasteiger charge is 2.26. The van der Waals surface area contributed by atoms with E-state index in [1.165, 1.54) is 0 Å². The van der Waals surface area contributed by atoms with Crippen LogP contribution in [-0.4, -0.2) is 23.5 Å². The first-order chi connectivity index (χ1) is 15.5. The lowest BCUT2D eigenvalue weighted by atomic mass is 10.1. The van der Waals surface area contributed by atoms with Gasteiger partial charge in [0.05, 0.1) is 5.02 Å². The molecule has 168 valence electrons. The molecule has 0 saturated heterocycles. The topological polar surface area (TPSA) is 71.0 Å². The molecular formula is C24H25ClNO4PS. The van der Waals surface area contributed by atoms with Gasteiger partial charge in [-0.15, -0.1) is 0 Å². The number of rotatable bonds is 10. The molecule has 0 spiro atoms. The van der Waals surface area contributed by atoms with Crippen LogP contribution in [-0.2, 0) is 9.53 Å². The predicted octanol–water partition coefficient (Wildman–Crippen LogP) is 6.54. The van der Waals surface area contributed by atoms with Crippen LogP contribution in [0.5, 0.6) is 5.75 Å². The van der Waals surface area contributed by atoms with Gasteiger partial charge in [-0.25, -0.2) is 4.79 Å². The molecule has 0 aliphatic heterocycles. The minimum Gasteiger partial charge on any atom is -0.575 e. The summed E-state index contributed by atoms with van der Waals surface area (Å²) in [5, 5.41) is 1.97. The summed E-state index contributed by atoms with van der Waals surface area (Å²) in [6.07, 6.45) is -0.0291. The summed E-state index contributed by atoms with van der Waals surface area (Å²) in [6.45, 7) is 3.84. The molecule has 0 radical (unpaired) electrons. The average molecular weight is 490 g/mol. The highest BCUT2D eigenvalue weighted by Crippen LogP contribution is 2.38. The minimum absolute atomic E-state index is 0.294. The van der Waals surface area contributed by atoms with Gasteiger partial charge in [-0.05, 0) is 41.9 Å². The molecule has 0 fully saturated rings. The summed E-state index contributed by atoms with van der Waals surface area (Å²) in [5.74, 6) is 1.38. The van der Waals surface area contributed by atoms with Crippen molar-refractivity contribution >= 4 is 48.3 Å². The van der Waals surface area contributed by atoms with Crippen molar-refractivity contribution < 1.29 is 18.9 Å². The molecule has 32 heavy (non-hydrogen) atoms. The smallest absolute Gasteiger partial charge is 0.395 e. The molecule has 0 aromatic heterocycles. The number of carbonyl (C=O) groups excluding carboxylic acids is 1. The van der Waals surface area contributed by atoms with Gasteiger partial charge in [-0.2, -0.15) is 11.8 Å². The molecule has 0 aliphatic rings. The van der Waals surface area contributed by atoms with E-state index in [1.54, 1.807) is 24.8 Å². The molecule has 8 heteroatoms. The van der Waals surface area contributed by atoms with E-state index in [4.69, 9.17) is 20.9 Å². The Morgan fingerprint density at radius 3 is 2.59 bits per heavy atom. The van der Waals surface area contributed by atoms with E-state index >= 15 is 0 Å². The number of nitrogens with zero attached hydrogens (tertiary/aromatic N) is 1. The molecule has 3 aromatic rings. The molecule has 0 aliphatic carbocycles. The Bertz CT molecular complexity index is 1080. The van der Waals surface area contributed by atoms with Crippen LogP contribution in [0, 0.1) is 0 Å². The summed E-state index contributed by atoms with van der Waals surface area (Å²) in [6, 6.07) is 19.6. The van der Waals surface area contributed by atoms with Crippen LogP contribution < -0.4 is 9.42 Å². The average Bonchev–Trinajstić information content (AvgIpc) is 2.81. The van der Waals surface area contributed by atoms with Gasteiger partial charge in [0, 0.05) is 5.39 Å². The summed E-state index contributed by atoms with van der Waals surface area (Å²) in [5.41, 5.74) is 0.880. The Hall–Kier alpha value is -2.11. The van der Waals surface area contributed by atoms with E-state index in [9.17, 15) is 9.69 Å². The highest BCUT2D eigenvalue weighted by molar-refractivity contribution is 7.99. The third-order valence-electron chi connectivity index (χ3n) is 4.81. The second-order valence-corrected chi connectivity index (χ2v) is 9.72. The Balaban J connectivity index is 1.79. The third kappa shape index (κ3) is 6.69. The fraction of sp³-hybridized carbons (Fsp3) is 0.292. The minimum atomic E-state index is -2.54. The highest BCUT2D eigenvalue weighted by atomic mass is 35.5. The third-order valence-corrected chi connectivity index (χ3v) is 6.84. The maximum Gasteiger partial charge on any atom is 0.395 e. The molecule has 3 aromatic carbocycles. The first-order valence-electron chi connectivity index (χ1n) is 10.4. The molecule has 0 bridgehead atoms. The number of benzene rings is 3. The molecule has 0 N–H and O–H groups in total. The fourth-order valence-electron chi connectivity index (χ4n) is 3.13. The second kappa shape index (κ2) is 12.2. The van der Waals surface area contributed by atoms with Crippen molar-refractivity contribution in [3.63, 3.8) is 0 Å². The van der Waals surface area contributed by atoms with Crippen molar-refractivity contribution in [1.29, 1.82) is 0 Å². The van der Waals surface area contributed by atoms with Crippen LogP contribution in [0.1, 0.15) is 31.9 Å². The second-order valence-electron chi connectivity index (χ2n) is 7.03. The Kier molecular flexibility index (Phi) is 9.36. The quantitative estimate of drug-likeness (QED) is 0.183. The number of esters is 1. The molecule has 1 unspecified atom stereocenters. The molecule has 0 saturated carbocycles. The molecule has 0 amide bonds. The van der Waals surface area contributed by atoms with Crippen LogP contribution in [0.25, 0.3) is 10.8 Å². The van der Waals surface area contributed by atoms with E-state index in [0.717, 1.165) is 22.1 Å². The summed E-state index contributed by atoms with van der Waals surface area (Å²) < 4.78 is 15.4. The van der Waals surface area contributed by atoms with Gasteiger partial charge in [0.2, 0.25) is 5.75 Å². The monoisotopic (exact) mass is 489 g/mol. The fourth-order valence-corrected chi connectivity index (χ4v) is 4.90. The summed E-state index contributed by atoms with van der Waals surface area (Å²) in [4.78, 5) is 25.7. The first kappa shape index (κ1) is 24.5. The van der Waals surface area contributed by atoms with E-state index in [2.05, 4.69) is 4.74 Å². The lowest BCUT2D eigenvalue weighted by molar-refractivity contribution is -0.170. The number of thioether (sulfide) groups is 1. The van der Waals surface area contributed by atoms with E-state index in [0.29, 0.717) is 22.9 Å². The van der Waals surface area contributed by atoms with Gasteiger partial charge in [-0.3, -0.25) is 4.52 Å². The largest absolute Gasteiger partial charge is 0.575 e. The molecule has 5 nitrogen and oxygen atoms in total. The Morgan fingerprint density at radius 2 is 1.84 bits per heavy atom. The zero-order valence-corrected chi connectivity index (χ0v) is 20.4. The van der Waals surface area contributed by atoms with Gasteiger partial charge in [-0.1, -0.05) is 83.9 Å². The molecule has 0 heterocycles. The predicted molar refractivity (Wildman–Crippen MR) is 131 cm³/mol. The van der Waals surface area contributed by atoms with Crippen molar-refractivity contribution in [2.24, 2.45) is 4.74 Å². The lowest BCUT2D eigenvalue weighted by Crippen LogP contribution is -2.24. The normalized spacial score (nSPS) is 13.6. The van der Waals surface area contributed by atoms with Crippen LogP contribution in [0.4, 0.5) is 0 Å².